The van der Waals surface area contributed by atoms with E-state index in [9.17, 15) is 0 Å². The predicted molar refractivity (Wildman–Crippen MR) is 77.2 cm³/mol. The van der Waals surface area contributed by atoms with E-state index in [-0.39, 0.29) is 0 Å². The van der Waals surface area contributed by atoms with E-state index in [1.165, 1.54) is 37.2 Å². The lowest BCUT2D eigenvalue weighted by Gasteiger charge is -2.36. The number of nitrogens with zero attached hydrogens (tertiary/aromatic N) is 2. The molecule has 2 nitrogen and oxygen atoms in total. The second-order valence-electron chi connectivity index (χ2n) is 5.88. The fraction of sp³-hybridized carbons (Fsp3) is 0.412. The summed E-state index contributed by atoms with van der Waals surface area (Å²) in [7, 11) is 2.19. The van der Waals surface area contributed by atoms with Crippen LogP contribution in [0.15, 0.2) is 42.6 Å². The van der Waals surface area contributed by atoms with E-state index >= 15 is 0 Å². The van der Waals surface area contributed by atoms with Gasteiger partial charge in [0.25, 0.3) is 0 Å². The predicted octanol–water partition coefficient (Wildman–Crippen LogP) is 3.31. The Balaban J connectivity index is 1.84. The Bertz CT molecular complexity index is 585. The van der Waals surface area contributed by atoms with Crippen molar-refractivity contribution in [2.24, 2.45) is 7.05 Å². The number of hydrogen-bond donors (Lipinski definition) is 0. The Labute approximate surface area is 114 Å². The summed E-state index contributed by atoms with van der Waals surface area (Å²) in [5.74, 6) is 0.533. The maximum Gasteiger partial charge on any atom is 0.0373 e. The molecule has 0 unspecified atom stereocenters. The molecule has 2 aliphatic rings. The Morgan fingerprint density at radius 3 is 2.79 bits per heavy atom. The van der Waals surface area contributed by atoms with Gasteiger partial charge in [0.05, 0.1) is 0 Å². The molecule has 4 rings (SSSR count). The van der Waals surface area contributed by atoms with Crippen molar-refractivity contribution in [3.8, 4) is 0 Å². The van der Waals surface area contributed by atoms with Crippen LogP contribution in [0.2, 0.25) is 0 Å². The molecular weight excluding hydrogens is 232 g/mol. The number of aromatic nitrogens is 1. The topological polar surface area (TPSA) is 8.17 Å². The highest BCUT2D eigenvalue weighted by molar-refractivity contribution is 5.40. The molecule has 0 amide bonds. The Hall–Kier alpha value is -1.54. The van der Waals surface area contributed by atoms with Gasteiger partial charge < -0.3 is 4.57 Å². The van der Waals surface area contributed by atoms with E-state index in [0.29, 0.717) is 12.0 Å². The molecule has 0 bridgehead atoms. The molecule has 2 atom stereocenters. The number of aryl methyl sites for hydroxylation is 1. The summed E-state index contributed by atoms with van der Waals surface area (Å²) >= 11 is 0. The van der Waals surface area contributed by atoms with Gasteiger partial charge in [0.1, 0.15) is 0 Å². The summed E-state index contributed by atoms with van der Waals surface area (Å²) in [6, 6.07) is 14.0. The molecule has 0 N–H and O–H groups in total. The first-order valence-corrected chi connectivity index (χ1v) is 7.28. The molecular formula is C17H20N2. The van der Waals surface area contributed by atoms with Gasteiger partial charge in [0.2, 0.25) is 0 Å². The van der Waals surface area contributed by atoms with Crippen LogP contribution in [0.25, 0.3) is 0 Å². The summed E-state index contributed by atoms with van der Waals surface area (Å²) in [6.45, 7) is 2.45. The molecule has 1 fully saturated rings. The third-order valence-electron chi connectivity index (χ3n) is 4.83. The minimum absolute atomic E-state index is 0.533. The maximum absolute atomic E-state index is 2.68. The normalized spacial score (nSPS) is 26.2. The van der Waals surface area contributed by atoms with E-state index in [0.717, 1.165) is 0 Å². The second kappa shape index (κ2) is 4.24. The van der Waals surface area contributed by atoms with Crippen LogP contribution in [0.4, 0.5) is 0 Å². The van der Waals surface area contributed by atoms with Crippen LogP contribution in [0.5, 0.6) is 0 Å². The third kappa shape index (κ3) is 1.67. The standard InChI is InChI=1S/C17H20N2/c1-18-11-9-14-16-8-5-10-19(16)12-15(17(14)18)13-6-3-2-4-7-13/h2-4,6-7,9,11,15-16H,5,8,10,12H2,1H3/t15-,16+/m1/s1. The lowest BCUT2D eigenvalue weighted by molar-refractivity contribution is 0.227. The summed E-state index contributed by atoms with van der Waals surface area (Å²) in [6.07, 6.45) is 4.92. The number of benzene rings is 1. The lowest BCUT2D eigenvalue weighted by Crippen LogP contribution is -2.35. The molecule has 0 radical (unpaired) electrons. The molecule has 3 heterocycles. The van der Waals surface area contributed by atoms with Crippen LogP contribution in [0.1, 0.15) is 41.6 Å². The highest BCUT2D eigenvalue weighted by Crippen LogP contribution is 2.44. The molecule has 98 valence electrons. The molecule has 0 aliphatic carbocycles. The Kier molecular flexibility index (Phi) is 2.52. The largest absolute Gasteiger partial charge is 0.354 e. The number of fused-ring (bicyclic) bond motifs is 3. The van der Waals surface area contributed by atoms with Crippen molar-refractivity contribution in [3.05, 3.63) is 59.4 Å². The summed E-state index contributed by atoms with van der Waals surface area (Å²) in [5, 5.41) is 0. The third-order valence-corrected chi connectivity index (χ3v) is 4.83. The summed E-state index contributed by atoms with van der Waals surface area (Å²) in [5.41, 5.74) is 4.56. The molecule has 2 aliphatic heterocycles. The van der Waals surface area contributed by atoms with Gasteiger partial charge in [-0.2, -0.15) is 0 Å². The highest BCUT2D eigenvalue weighted by Gasteiger charge is 2.37. The fourth-order valence-electron chi connectivity index (χ4n) is 3.96. The SMILES string of the molecule is Cn1ccc2c1[C@@H](c1ccccc1)CN1CCC[C@@H]21. The molecule has 1 aromatic heterocycles. The van der Waals surface area contributed by atoms with Gasteiger partial charge in [-0.15, -0.1) is 0 Å². The van der Waals surface area contributed by atoms with E-state index in [1.807, 2.05) is 0 Å². The van der Waals surface area contributed by atoms with Crippen LogP contribution in [0, 0.1) is 0 Å². The van der Waals surface area contributed by atoms with Crippen molar-refractivity contribution >= 4 is 0 Å². The molecule has 1 aromatic carbocycles. The van der Waals surface area contributed by atoms with Crippen LogP contribution < -0.4 is 0 Å². The van der Waals surface area contributed by atoms with Crippen molar-refractivity contribution in [2.75, 3.05) is 13.1 Å². The average Bonchev–Trinajstić information content (AvgIpc) is 3.05. The van der Waals surface area contributed by atoms with Crippen LogP contribution in [0.3, 0.4) is 0 Å². The Morgan fingerprint density at radius 1 is 1.11 bits per heavy atom. The first-order chi connectivity index (χ1) is 9.34. The van der Waals surface area contributed by atoms with E-state index in [4.69, 9.17) is 0 Å². The van der Waals surface area contributed by atoms with Gasteiger partial charge in [0.15, 0.2) is 0 Å². The summed E-state index contributed by atoms with van der Waals surface area (Å²) in [4.78, 5) is 2.68. The van der Waals surface area contributed by atoms with Gasteiger partial charge in [-0.3, -0.25) is 4.90 Å². The molecule has 19 heavy (non-hydrogen) atoms. The Morgan fingerprint density at radius 2 is 1.95 bits per heavy atom. The van der Waals surface area contributed by atoms with Crippen LogP contribution >= 0.6 is 0 Å². The zero-order chi connectivity index (χ0) is 12.8. The van der Waals surface area contributed by atoms with Crippen LogP contribution in [-0.2, 0) is 7.05 Å². The van der Waals surface area contributed by atoms with Gasteiger partial charge in [-0.25, -0.2) is 0 Å². The van der Waals surface area contributed by atoms with Crippen molar-refractivity contribution in [1.29, 1.82) is 0 Å². The maximum atomic E-state index is 2.68. The van der Waals surface area contributed by atoms with Gasteiger partial charge in [0, 0.05) is 37.4 Å². The average molecular weight is 252 g/mol. The number of rotatable bonds is 1. The first-order valence-electron chi connectivity index (χ1n) is 7.28. The van der Waals surface area contributed by atoms with Gasteiger partial charge in [-0.1, -0.05) is 30.3 Å². The van der Waals surface area contributed by atoms with Crippen molar-refractivity contribution in [3.63, 3.8) is 0 Å². The van der Waals surface area contributed by atoms with E-state index in [1.54, 1.807) is 5.56 Å². The summed E-state index contributed by atoms with van der Waals surface area (Å²) < 4.78 is 2.34. The minimum atomic E-state index is 0.533. The quantitative estimate of drug-likeness (QED) is 0.756. The zero-order valence-electron chi connectivity index (χ0n) is 11.4. The molecule has 0 saturated carbocycles. The highest BCUT2D eigenvalue weighted by atomic mass is 15.2. The van der Waals surface area contributed by atoms with Gasteiger partial charge in [-0.05, 0) is 36.6 Å². The first kappa shape index (κ1) is 11.3. The molecule has 2 heteroatoms. The zero-order valence-corrected chi connectivity index (χ0v) is 11.4. The fourth-order valence-corrected chi connectivity index (χ4v) is 3.96. The van der Waals surface area contributed by atoms with Crippen molar-refractivity contribution < 1.29 is 0 Å². The van der Waals surface area contributed by atoms with Crippen molar-refractivity contribution in [2.45, 2.75) is 24.8 Å². The minimum Gasteiger partial charge on any atom is -0.354 e. The molecule has 1 saturated heterocycles. The van der Waals surface area contributed by atoms with E-state index < -0.39 is 0 Å². The molecule has 0 spiro atoms. The van der Waals surface area contributed by atoms with E-state index in [2.05, 4.69) is 59.1 Å². The van der Waals surface area contributed by atoms with Crippen molar-refractivity contribution in [1.82, 2.24) is 9.47 Å². The smallest absolute Gasteiger partial charge is 0.0373 e. The molecule has 2 aromatic rings. The second-order valence-corrected chi connectivity index (χ2v) is 5.88. The lowest BCUT2D eigenvalue weighted by atomic mass is 9.86. The van der Waals surface area contributed by atoms with Crippen LogP contribution in [-0.4, -0.2) is 22.6 Å². The van der Waals surface area contributed by atoms with Gasteiger partial charge >= 0.3 is 0 Å². The monoisotopic (exact) mass is 252 g/mol. The number of hydrogen-bond acceptors (Lipinski definition) is 1.